The molecule has 1 aromatic heterocycles. The Kier molecular flexibility index (Phi) is 4.52. The lowest BCUT2D eigenvalue weighted by atomic mass is 10.1. The number of anilines is 1. The molecule has 1 amide bonds. The Hall–Kier alpha value is -2.43. The third-order valence-electron chi connectivity index (χ3n) is 3.53. The molecule has 5 heteroatoms. The quantitative estimate of drug-likeness (QED) is 0.858. The van der Waals surface area contributed by atoms with Crippen molar-refractivity contribution in [3.8, 4) is 0 Å². The summed E-state index contributed by atoms with van der Waals surface area (Å²) in [5, 5.41) is 6.98. The molecule has 0 unspecified atom stereocenters. The summed E-state index contributed by atoms with van der Waals surface area (Å²) < 4.78 is 1.80. The van der Waals surface area contributed by atoms with Crippen LogP contribution in [0.5, 0.6) is 0 Å². The molecule has 0 aliphatic rings. The number of carbonyl (C=O) groups excluding carboxylic acids is 2. The molecule has 0 atom stereocenters. The van der Waals surface area contributed by atoms with Gasteiger partial charge in [0.2, 0.25) is 5.91 Å². The van der Waals surface area contributed by atoms with Gasteiger partial charge in [-0.3, -0.25) is 14.3 Å². The number of benzene rings is 1. The number of ketones is 1. The van der Waals surface area contributed by atoms with Gasteiger partial charge >= 0.3 is 0 Å². The summed E-state index contributed by atoms with van der Waals surface area (Å²) in [7, 11) is 1.88. The predicted molar refractivity (Wildman–Crippen MR) is 81.3 cm³/mol. The van der Waals surface area contributed by atoms with Crippen molar-refractivity contribution >= 4 is 17.4 Å². The van der Waals surface area contributed by atoms with E-state index in [1.807, 2.05) is 14.0 Å². The Morgan fingerprint density at radius 1 is 1.24 bits per heavy atom. The van der Waals surface area contributed by atoms with E-state index in [-0.39, 0.29) is 11.7 Å². The second kappa shape index (κ2) is 6.35. The Bertz CT molecular complexity index is 657. The monoisotopic (exact) mass is 285 g/mol. The highest BCUT2D eigenvalue weighted by Gasteiger charge is 2.08. The fraction of sp³-hybridized carbons (Fsp3) is 0.312. The summed E-state index contributed by atoms with van der Waals surface area (Å²) in [4.78, 5) is 23.1. The van der Waals surface area contributed by atoms with Gasteiger partial charge in [0.1, 0.15) is 0 Å². The highest BCUT2D eigenvalue weighted by atomic mass is 16.1. The lowest BCUT2D eigenvalue weighted by molar-refractivity contribution is -0.116. The van der Waals surface area contributed by atoms with Crippen LogP contribution in [0.15, 0.2) is 30.5 Å². The van der Waals surface area contributed by atoms with Crippen molar-refractivity contribution in [3.63, 3.8) is 0 Å². The maximum atomic E-state index is 11.9. The molecule has 0 radical (unpaired) electrons. The van der Waals surface area contributed by atoms with Gasteiger partial charge in [0.05, 0.1) is 6.20 Å². The highest BCUT2D eigenvalue weighted by Crippen LogP contribution is 2.12. The second-order valence-corrected chi connectivity index (χ2v) is 5.06. The van der Waals surface area contributed by atoms with Crippen LogP contribution in [0.2, 0.25) is 0 Å². The topological polar surface area (TPSA) is 64.0 Å². The minimum atomic E-state index is -0.0474. The summed E-state index contributed by atoms with van der Waals surface area (Å²) in [6.07, 6.45) is 2.86. The van der Waals surface area contributed by atoms with Crippen LogP contribution in [0.1, 0.15) is 35.0 Å². The first kappa shape index (κ1) is 15.0. The maximum Gasteiger partial charge on any atom is 0.224 e. The van der Waals surface area contributed by atoms with E-state index in [1.165, 1.54) is 6.92 Å². The molecule has 110 valence electrons. The van der Waals surface area contributed by atoms with Crippen LogP contribution in [0, 0.1) is 6.92 Å². The first-order chi connectivity index (χ1) is 9.97. The molecule has 0 saturated carbocycles. The third-order valence-corrected chi connectivity index (χ3v) is 3.53. The van der Waals surface area contributed by atoms with Gasteiger partial charge in [-0.25, -0.2) is 0 Å². The summed E-state index contributed by atoms with van der Waals surface area (Å²) in [5.74, 6) is -0.0336. The third kappa shape index (κ3) is 3.78. The molecule has 21 heavy (non-hydrogen) atoms. The van der Waals surface area contributed by atoms with Crippen LogP contribution in [0.4, 0.5) is 5.69 Å². The van der Waals surface area contributed by atoms with Gasteiger partial charge in [0.15, 0.2) is 5.78 Å². The molecule has 0 bridgehead atoms. The number of hydrogen-bond acceptors (Lipinski definition) is 3. The maximum absolute atomic E-state index is 11.9. The zero-order valence-corrected chi connectivity index (χ0v) is 12.5. The average Bonchev–Trinajstić information content (AvgIpc) is 2.77. The molecule has 0 spiro atoms. The first-order valence-corrected chi connectivity index (χ1v) is 6.85. The van der Waals surface area contributed by atoms with Crippen LogP contribution in [-0.4, -0.2) is 21.5 Å². The minimum absolute atomic E-state index is 0.0138. The number of nitrogens with one attached hydrogen (secondary N) is 1. The summed E-state index contributed by atoms with van der Waals surface area (Å²) in [5.41, 5.74) is 3.50. The number of aromatic nitrogens is 2. The van der Waals surface area contributed by atoms with E-state index >= 15 is 0 Å². The molecule has 1 aromatic carbocycles. The lowest BCUT2D eigenvalue weighted by Gasteiger charge is -2.06. The summed E-state index contributed by atoms with van der Waals surface area (Å²) in [6, 6.07) is 6.90. The standard InChI is InChI=1S/C16H19N3O2/c1-11-14(10-17-19(11)3)6-9-16(21)18-15-7-4-13(5-8-15)12(2)20/h4-5,7-8,10H,6,9H2,1-3H3,(H,18,21). The van der Waals surface area contributed by atoms with Crippen molar-refractivity contribution in [3.05, 3.63) is 47.3 Å². The molecule has 1 N–H and O–H groups in total. The van der Waals surface area contributed by atoms with Crippen LogP contribution in [0.25, 0.3) is 0 Å². The van der Waals surface area contributed by atoms with E-state index < -0.39 is 0 Å². The Morgan fingerprint density at radius 3 is 2.43 bits per heavy atom. The summed E-state index contributed by atoms with van der Waals surface area (Å²) >= 11 is 0. The SMILES string of the molecule is CC(=O)c1ccc(NC(=O)CCc2cnn(C)c2C)cc1. The lowest BCUT2D eigenvalue weighted by Crippen LogP contribution is -2.12. The van der Waals surface area contributed by atoms with E-state index in [4.69, 9.17) is 0 Å². The fourth-order valence-electron chi connectivity index (χ4n) is 2.05. The van der Waals surface area contributed by atoms with Gasteiger partial charge in [-0.05, 0) is 50.1 Å². The minimum Gasteiger partial charge on any atom is -0.326 e. The van der Waals surface area contributed by atoms with Crippen molar-refractivity contribution in [1.29, 1.82) is 0 Å². The van der Waals surface area contributed by atoms with Crippen LogP contribution in [-0.2, 0) is 18.3 Å². The molecular formula is C16H19N3O2. The van der Waals surface area contributed by atoms with Gasteiger partial charge in [-0.15, -0.1) is 0 Å². The molecule has 0 saturated heterocycles. The number of rotatable bonds is 5. The van der Waals surface area contributed by atoms with E-state index in [0.29, 0.717) is 24.1 Å². The van der Waals surface area contributed by atoms with Gasteiger partial charge in [-0.2, -0.15) is 5.10 Å². The van der Waals surface area contributed by atoms with Crippen molar-refractivity contribution in [2.24, 2.45) is 7.05 Å². The molecular weight excluding hydrogens is 266 g/mol. The van der Waals surface area contributed by atoms with Crippen LogP contribution in [0.3, 0.4) is 0 Å². The largest absolute Gasteiger partial charge is 0.326 e. The molecule has 2 rings (SSSR count). The van der Waals surface area contributed by atoms with E-state index in [1.54, 1.807) is 35.1 Å². The van der Waals surface area contributed by atoms with E-state index in [0.717, 1.165) is 11.3 Å². The predicted octanol–water partition coefficient (Wildman–Crippen LogP) is 2.50. The number of Topliss-reactive ketones (excluding diaryl/α,β-unsaturated/α-hetero) is 1. The number of amides is 1. The first-order valence-electron chi connectivity index (χ1n) is 6.85. The number of carbonyl (C=O) groups is 2. The zero-order valence-electron chi connectivity index (χ0n) is 12.5. The molecule has 0 aliphatic heterocycles. The Labute approximate surface area is 124 Å². The van der Waals surface area contributed by atoms with Gasteiger partial charge < -0.3 is 5.32 Å². The highest BCUT2D eigenvalue weighted by molar-refractivity contribution is 5.95. The molecule has 5 nitrogen and oxygen atoms in total. The van der Waals surface area contributed by atoms with Gasteiger partial charge in [0.25, 0.3) is 0 Å². The number of hydrogen-bond donors (Lipinski definition) is 1. The molecule has 0 aliphatic carbocycles. The van der Waals surface area contributed by atoms with E-state index in [9.17, 15) is 9.59 Å². The fourth-order valence-corrected chi connectivity index (χ4v) is 2.05. The van der Waals surface area contributed by atoms with Gasteiger partial charge in [-0.1, -0.05) is 0 Å². The van der Waals surface area contributed by atoms with Crippen molar-refractivity contribution in [2.45, 2.75) is 26.7 Å². The summed E-state index contributed by atoms with van der Waals surface area (Å²) in [6.45, 7) is 3.50. The smallest absolute Gasteiger partial charge is 0.224 e. The van der Waals surface area contributed by atoms with Crippen molar-refractivity contribution in [2.75, 3.05) is 5.32 Å². The van der Waals surface area contributed by atoms with Crippen LogP contribution >= 0.6 is 0 Å². The average molecular weight is 285 g/mol. The van der Waals surface area contributed by atoms with Crippen molar-refractivity contribution < 1.29 is 9.59 Å². The number of nitrogens with zero attached hydrogens (tertiary/aromatic N) is 2. The number of aryl methyl sites for hydroxylation is 2. The zero-order chi connectivity index (χ0) is 15.4. The Balaban J connectivity index is 1.89. The molecule has 1 heterocycles. The molecule has 2 aromatic rings. The van der Waals surface area contributed by atoms with E-state index in [2.05, 4.69) is 10.4 Å². The van der Waals surface area contributed by atoms with Gasteiger partial charge in [0, 0.05) is 30.4 Å². The molecule has 0 fully saturated rings. The normalized spacial score (nSPS) is 10.4. The second-order valence-electron chi connectivity index (χ2n) is 5.06. The Morgan fingerprint density at radius 2 is 1.90 bits per heavy atom. The van der Waals surface area contributed by atoms with Crippen LogP contribution < -0.4 is 5.32 Å². The van der Waals surface area contributed by atoms with Crippen molar-refractivity contribution in [1.82, 2.24) is 9.78 Å².